The molecule has 1 atom stereocenters. The van der Waals surface area contributed by atoms with Gasteiger partial charge >= 0.3 is 0 Å². The van der Waals surface area contributed by atoms with E-state index in [2.05, 4.69) is 4.98 Å². The first-order valence-corrected chi connectivity index (χ1v) is 7.28. The predicted octanol–water partition coefficient (Wildman–Crippen LogP) is 2.92. The van der Waals surface area contributed by atoms with Gasteiger partial charge in [0.15, 0.2) is 5.03 Å². The molecular formula is C14H15NO2S. The average molecular weight is 261 g/mol. The third-order valence-corrected chi connectivity index (χ3v) is 5.13. The van der Waals surface area contributed by atoms with E-state index in [0.29, 0.717) is 5.56 Å². The highest BCUT2D eigenvalue weighted by Gasteiger charge is 2.27. The van der Waals surface area contributed by atoms with Crippen LogP contribution in [0.1, 0.15) is 23.3 Å². The Hall–Kier alpha value is -1.68. The first-order chi connectivity index (χ1) is 8.53. The number of pyridine rings is 1. The van der Waals surface area contributed by atoms with E-state index in [1.807, 2.05) is 30.3 Å². The van der Waals surface area contributed by atoms with Crippen molar-refractivity contribution in [3.63, 3.8) is 0 Å². The molecule has 0 N–H and O–H groups in total. The molecule has 0 bridgehead atoms. The fourth-order valence-electron chi connectivity index (χ4n) is 1.84. The molecule has 0 fully saturated rings. The fraction of sp³-hybridized carbons (Fsp3) is 0.214. The van der Waals surface area contributed by atoms with Crippen LogP contribution in [0.25, 0.3) is 0 Å². The Labute approximate surface area is 107 Å². The van der Waals surface area contributed by atoms with Crippen LogP contribution in [-0.2, 0) is 9.84 Å². The Balaban J connectivity index is 2.48. The molecule has 94 valence electrons. The molecule has 2 rings (SSSR count). The number of rotatable bonds is 3. The van der Waals surface area contributed by atoms with Gasteiger partial charge in [0.2, 0.25) is 9.84 Å². The van der Waals surface area contributed by atoms with E-state index in [1.165, 1.54) is 6.20 Å². The third-order valence-electron chi connectivity index (χ3n) is 2.97. The minimum Gasteiger partial charge on any atom is -0.244 e. The van der Waals surface area contributed by atoms with E-state index < -0.39 is 15.1 Å². The molecule has 0 aliphatic carbocycles. The van der Waals surface area contributed by atoms with Gasteiger partial charge in [0.05, 0.1) is 5.25 Å². The van der Waals surface area contributed by atoms with Gasteiger partial charge in [0.25, 0.3) is 0 Å². The van der Waals surface area contributed by atoms with E-state index in [9.17, 15) is 8.42 Å². The summed E-state index contributed by atoms with van der Waals surface area (Å²) in [4.78, 5) is 4.01. The number of sulfone groups is 1. The van der Waals surface area contributed by atoms with Gasteiger partial charge in [0.1, 0.15) is 0 Å². The summed E-state index contributed by atoms with van der Waals surface area (Å²) in [5.41, 5.74) is 1.46. The van der Waals surface area contributed by atoms with Crippen LogP contribution in [-0.4, -0.2) is 13.4 Å². The topological polar surface area (TPSA) is 47.0 Å². The maximum absolute atomic E-state index is 12.5. The standard InChI is InChI=1S/C14H15NO2S/c1-11-7-6-10-15-14(11)18(16,17)12(2)13-8-4-3-5-9-13/h3-10,12H,1-2H3. The Morgan fingerprint density at radius 2 is 1.72 bits per heavy atom. The van der Waals surface area contributed by atoms with E-state index in [-0.39, 0.29) is 5.03 Å². The van der Waals surface area contributed by atoms with Gasteiger partial charge in [0, 0.05) is 6.20 Å². The van der Waals surface area contributed by atoms with Crippen LogP contribution >= 0.6 is 0 Å². The number of aryl methyl sites for hydroxylation is 1. The fourth-order valence-corrected chi connectivity index (χ4v) is 3.41. The summed E-state index contributed by atoms with van der Waals surface area (Å²) in [5, 5.41) is -0.423. The molecule has 1 aromatic carbocycles. The SMILES string of the molecule is Cc1cccnc1S(=O)(=O)C(C)c1ccccc1. The molecule has 4 heteroatoms. The van der Waals surface area contributed by atoms with Crippen LogP contribution in [0.3, 0.4) is 0 Å². The molecule has 0 spiro atoms. The van der Waals surface area contributed by atoms with Gasteiger partial charge in [-0.05, 0) is 31.0 Å². The van der Waals surface area contributed by atoms with Gasteiger partial charge in [-0.15, -0.1) is 0 Å². The highest BCUT2D eigenvalue weighted by atomic mass is 32.2. The number of benzene rings is 1. The van der Waals surface area contributed by atoms with Gasteiger partial charge in [-0.2, -0.15) is 0 Å². The third kappa shape index (κ3) is 2.29. The van der Waals surface area contributed by atoms with Crippen LogP contribution in [0, 0.1) is 6.92 Å². The van der Waals surface area contributed by atoms with E-state index in [4.69, 9.17) is 0 Å². The van der Waals surface area contributed by atoms with Crippen molar-refractivity contribution in [1.29, 1.82) is 0 Å². The van der Waals surface area contributed by atoms with Crippen molar-refractivity contribution in [1.82, 2.24) is 4.98 Å². The largest absolute Gasteiger partial charge is 0.244 e. The van der Waals surface area contributed by atoms with Crippen molar-refractivity contribution < 1.29 is 8.42 Å². The van der Waals surface area contributed by atoms with Crippen molar-refractivity contribution in [2.75, 3.05) is 0 Å². The minimum absolute atomic E-state index is 0.168. The van der Waals surface area contributed by atoms with Crippen LogP contribution in [0.15, 0.2) is 53.7 Å². The minimum atomic E-state index is -3.43. The Morgan fingerprint density at radius 3 is 2.33 bits per heavy atom. The molecule has 18 heavy (non-hydrogen) atoms. The van der Waals surface area contributed by atoms with Crippen LogP contribution < -0.4 is 0 Å². The lowest BCUT2D eigenvalue weighted by Crippen LogP contribution is -2.13. The zero-order chi connectivity index (χ0) is 13.2. The Morgan fingerprint density at radius 1 is 1.06 bits per heavy atom. The van der Waals surface area contributed by atoms with Crippen molar-refractivity contribution in [3.05, 3.63) is 59.8 Å². The van der Waals surface area contributed by atoms with Crippen molar-refractivity contribution in [3.8, 4) is 0 Å². The van der Waals surface area contributed by atoms with Gasteiger partial charge in [-0.1, -0.05) is 36.4 Å². The Bertz CT molecular complexity index is 636. The number of nitrogens with zero attached hydrogens (tertiary/aromatic N) is 1. The second-order valence-electron chi connectivity index (χ2n) is 4.22. The summed E-state index contributed by atoms with van der Waals surface area (Å²) in [6.07, 6.45) is 1.51. The molecule has 0 aliphatic rings. The lowest BCUT2D eigenvalue weighted by Gasteiger charge is -2.14. The molecule has 1 aromatic heterocycles. The maximum atomic E-state index is 12.5. The average Bonchev–Trinajstić information content (AvgIpc) is 2.39. The zero-order valence-electron chi connectivity index (χ0n) is 10.4. The second kappa shape index (κ2) is 4.90. The maximum Gasteiger partial charge on any atom is 0.202 e. The van der Waals surface area contributed by atoms with Crippen molar-refractivity contribution in [2.24, 2.45) is 0 Å². The summed E-state index contributed by atoms with van der Waals surface area (Å²) >= 11 is 0. The van der Waals surface area contributed by atoms with Gasteiger partial charge in [-0.3, -0.25) is 0 Å². The molecular weight excluding hydrogens is 246 g/mol. The quantitative estimate of drug-likeness (QED) is 0.853. The van der Waals surface area contributed by atoms with Crippen LogP contribution in [0.2, 0.25) is 0 Å². The highest BCUT2D eigenvalue weighted by molar-refractivity contribution is 7.91. The summed E-state index contributed by atoms with van der Waals surface area (Å²) in [5.74, 6) is 0. The van der Waals surface area contributed by atoms with E-state index in [1.54, 1.807) is 26.0 Å². The smallest absolute Gasteiger partial charge is 0.202 e. The summed E-state index contributed by atoms with van der Waals surface area (Å²) < 4.78 is 25.0. The molecule has 0 saturated carbocycles. The second-order valence-corrected chi connectivity index (χ2v) is 6.41. The molecule has 0 aliphatic heterocycles. The number of hydrogen-bond donors (Lipinski definition) is 0. The number of hydrogen-bond acceptors (Lipinski definition) is 3. The van der Waals surface area contributed by atoms with Crippen LogP contribution in [0.4, 0.5) is 0 Å². The summed E-state index contributed by atoms with van der Waals surface area (Å²) in [6, 6.07) is 12.7. The molecule has 1 unspecified atom stereocenters. The lowest BCUT2D eigenvalue weighted by atomic mass is 10.2. The lowest BCUT2D eigenvalue weighted by molar-refractivity contribution is 0.581. The Kier molecular flexibility index (Phi) is 3.48. The zero-order valence-corrected chi connectivity index (χ0v) is 11.2. The first kappa shape index (κ1) is 12.8. The molecule has 0 saturated heterocycles. The normalized spacial score (nSPS) is 13.2. The van der Waals surface area contributed by atoms with E-state index >= 15 is 0 Å². The molecule has 2 aromatic rings. The predicted molar refractivity (Wildman–Crippen MR) is 71.0 cm³/mol. The van der Waals surface area contributed by atoms with E-state index in [0.717, 1.165) is 5.56 Å². The summed E-state index contributed by atoms with van der Waals surface area (Å²) in [7, 11) is -3.43. The molecule has 0 amide bonds. The van der Waals surface area contributed by atoms with Gasteiger partial charge in [-0.25, -0.2) is 13.4 Å². The highest BCUT2D eigenvalue weighted by Crippen LogP contribution is 2.28. The van der Waals surface area contributed by atoms with Crippen molar-refractivity contribution >= 4 is 9.84 Å². The van der Waals surface area contributed by atoms with Crippen molar-refractivity contribution in [2.45, 2.75) is 24.1 Å². The van der Waals surface area contributed by atoms with Gasteiger partial charge < -0.3 is 0 Å². The number of aromatic nitrogens is 1. The summed E-state index contributed by atoms with van der Waals surface area (Å²) in [6.45, 7) is 3.45. The molecule has 3 nitrogen and oxygen atoms in total. The monoisotopic (exact) mass is 261 g/mol. The van der Waals surface area contributed by atoms with Crippen LogP contribution in [0.5, 0.6) is 0 Å². The molecule has 1 heterocycles. The first-order valence-electron chi connectivity index (χ1n) is 5.74. The molecule has 0 radical (unpaired) electrons.